The molecule has 1 unspecified atom stereocenters. The quantitative estimate of drug-likeness (QED) is 0.156. The van der Waals surface area contributed by atoms with Crippen LogP contribution >= 0.6 is 0 Å². The van der Waals surface area contributed by atoms with Crippen LogP contribution in [0.1, 0.15) is 90.3 Å². The van der Waals surface area contributed by atoms with E-state index in [1.807, 2.05) is 23.0 Å². The number of hydrogen-bond donors (Lipinski definition) is 2. The van der Waals surface area contributed by atoms with Crippen LogP contribution in [-0.4, -0.2) is 72.3 Å². The molecular formula is C40H39F4N9O4. The average molecular weight is 786 g/mol. The molecule has 3 amide bonds. The number of pyridine rings is 1. The number of nitrogens with zero attached hydrogens (tertiary/aromatic N) is 7. The van der Waals surface area contributed by atoms with Crippen LogP contribution in [0.5, 0.6) is 0 Å². The first-order chi connectivity index (χ1) is 27.3. The summed E-state index contributed by atoms with van der Waals surface area (Å²) in [6.45, 7) is 1.71. The molecule has 5 aromatic rings. The number of carbonyl (C=O) groups excluding carboxylic acids is 3. The van der Waals surface area contributed by atoms with Crippen molar-refractivity contribution in [3.05, 3.63) is 87.7 Å². The van der Waals surface area contributed by atoms with E-state index in [2.05, 4.69) is 20.5 Å². The number of nitriles is 1. The van der Waals surface area contributed by atoms with Gasteiger partial charge in [-0.05, 0) is 86.9 Å². The molecule has 3 aliphatic rings. The largest absolute Gasteiger partial charge is 0.433 e. The summed E-state index contributed by atoms with van der Waals surface area (Å²) in [6.07, 6.45) is 0.369. The van der Waals surface area contributed by atoms with E-state index in [-0.39, 0.29) is 48.3 Å². The van der Waals surface area contributed by atoms with Gasteiger partial charge in [0.1, 0.15) is 29.7 Å². The Morgan fingerprint density at radius 2 is 1.81 bits per heavy atom. The predicted molar refractivity (Wildman–Crippen MR) is 200 cm³/mol. The normalized spacial score (nSPS) is 23.4. The van der Waals surface area contributed by atoms with Crippen LogP contribution in [0.4, 0.5) is 23.2 Å². The van der Waals surface area contributed by atoms with Gasteiger partial charge in [-0.15, -0.1) is 0 Å². The van der Waals surface area contributed by atoms with Gasteiger partial charge >= 0.3 is 11.9 Å². The van der Waals surface area contributed by atoms with Gasteiger partial charge in [0, 0.05) is 44.1 Å². The molecule has 0 bridgehead atoms. The molecule has 3 fully saturated rings. The number of alkyl halides is 4. The number of imide groups is 1. The van der Waals surface area contributed by atoms with Crippen LogP contribution in [0.25, 0.3) is 21.9 Å². The van der Waals surface area contributed by atoms with Gasteiger partial charge in [0.2, 0.25) is 11.8 Å². The number of halogens is 4. The van der Waals surface area contributed by atoms with E-state index in [1.165, 1.54) is 21.3 Å². The van der Waals surface area contributed by atoms with Crippen LogP contribution in [0.2, 0.25) is 0 Å². The minimum atomic E-state index is -4.71. The molecule has 5 heterocycles. The van der Waals surface area contributed by atoms with Crippen LogP contribution < -0.4 is 16.3 Å². The maximum Gasteiger partial charge on any atom is 0.433 e. The first kappa shape index (κ1) is 38.0. The van der Waals surface area contributed by atoms with Gasteiger partial charge in [-0.1, -0.05) is 18.2 Å². The number of imidazole rings is 1. The zero-order valence-electron chi connectivity index (χ0n) is 30.9. The van der Waals surface area contributed by atoms with Gasteiger partial charge in [-0.2, -0.15) is 23.5 Å². The molecule has 3 atom stereocenters. The number of para-hydroxylation sites is 1. The summed E-state index contributed by atoms with van der Waals surface area (Å²) in [5, 5.41) is 20.0. The summed E-state index contributed by atoms with van der Waals surface area (Å²) in [6, 6.07) is 12.9. The van der Waals surface area contributed by atoms with Crippen molar-refractivity contribution in [2.24, 2.45) is 13.0 Å². The number of nitrogens with one attached hydrogen (secondary N) is 2. The number of carbonyl (C=O) groups is 3. The second-order valence-electron chi connectivity index (χ2n) is 15.3. The Balaban J connectivity index is 0.894. The molecular weight excluding hydrogens is 746 g/mol. The first-order valence-electron chi connectivity index (χ1n) is 19.0. The number of benzene rings is 2. The molecule has 2 aliphatic heterocycles. The van der Waals surface area contributed by atoms with Crippen molar-refractivity contribution in [2.45, 2.75) is 75.3 Å². The topological polar surface area (TPSA) is 160 Å². The molecule has 13 nitrogen and oxygen atoms in total. The van der Waals surface area contributed by atoms with Crippen molar-refractivity contribution in [3.63, 3.8) is 0 Å². The van der Waals surface area contributed by atoms with E-state index in [0.29, 0.717) is 40.8 Å². The number of likely N-dealkylation sites (tertiary alicyclic amines) is 1. The number of aryl methyl sites for hydroxylation is 1. The molecule has 0 radical (unpaired) electrons. The standard InChI is InChI=1S/C40H39F4N9O4/c1-50-36-27(4-2-6-32(36)53(39(50)57)33-12-13-35(54)48-38(33)56)26-14-15-51(21-28(26)41)19-22-8-10-25(11-9-22)52-20-24-17-30(23(18-45)16-31(24)49-52)47-37(55)29-5-3-7-34(46-29)40(42,43)44/h2-7,16-17,20,22,25-26,28,33H,8-15,19,21H2,1H3,(H,47,55)(H,48,54,56)/t22?,25?,26-,28+,33?/m1/s1. The molecule has 1 aliphatic carbocycles. The highest BCUT2D eigenvalue weighted by atomic mass is 19.4. The van der Waals surface area contributed by atoms with Gasteiger partial charge in [0.05, 0.1) is 33.8 Å². The lowest BCUT2D eigenvalue weighted by Gasteiger charge is -2.38. The van der Waals surface area contributed by atoms with E-state index in [9.17, 15) is 37.6 Å². The smallest absolute Gasteiger partial charge is 0.319 e. The van der Waals surface area contributed by atoms with Crippen molar-refractivity contribution >= 4 is 45.3 Å². The van der Waals surface area contributed by atoms with Gasteiger partial charge in [-0.3, -0.25) is 33.5 Å². The fourth-order valence-corrected chi connectivity index (χ4v) is 8.82. The molecule has 0 spiro atoms. The van der Waals surface area contributed by atoms with Crippen LogP contribution in [0, 0.1) is 17.2 Å². The molecule has 296 valence electrons. The zero-order valence-corrected chi connectivity index (χ0v) is 30.9. The first-order valence-corrected chi connectivity index (χ1v) is 19.0. The third kappa shape index (κ3) is 7.29. The maximum absolute atomic E-state index is 16.1. The van der Waals surface area contributed by atoms with E-state index in [1.54, 1.807) is 25.2 Å². The minimum Gasteiger partial charge on any atom is -0.319 e. The molecule has 2 N–H and O–H groups in total. The van der Waals surface area contributed by atoms with Crippen LogP contribution in [0.15, 0.2) is 59.5 Å². The SMILES string of the molecule is Cn1c(=O)n(C2CCC(=O)NC2=O)c2cccc([C@H]3CCN(CC4CCC(n5cc6cc(NC(=O)c7cccc(C(F)(F)F)n7)c(C#N)cc6n5)CC4)C[C@@H]3F)c21. The average Bonchev–Trinajstić information content (AvgIpc) is 3.71. The van der Waals surface area contributed by atoms with E-state index in [4.69, 9.17) is 5.10 Å². The predicted octanol–water partition coefficient (Wildman–Crippen LogP) is 5.76. The van der Waals surface area contributed by atoms with Crippen LogP contribution in [-0.2, 0) is 22.8 Å². The summed E-state index contributed by atoms with van der Waals surface area (Å²) in [5.74, 6) is -1.82. The lowest BCUT2D eigenvalue weighted by Crippen LogP contribution is -2.44. The number of hydrogen-bond acceptors (Lipinski definition) is 8. The molecule has 17 heteroatoms. The maximum atomic E-state index is 16.1. The number of amides is 3. The summed E-state index contributed by atoms with van der Waals surface area (Å²) < 4.78 is 60.3. The van der Waals surface area contributed by atoms with Gasteiger partial charge in [0.15, 0.2) is 0 Å². The Labute approximate surface area is 323 Å². The monoisotopic (exact) mass is 785 g/mol. The molecule has 57 heavy (non-hydrogen) atoms. The Morgan fingerprint density at radius 1 is 1.04 bits per heavy atom. The molecule has 3 aromatic heterocycles. The molecule has 1 saturated carbocycles. The Kier molecular flexibility index (Phi) is 9.92. The minimum absolute atomic E-state index is 0.0887. The summed E-state index contributed by atoms with van der Waals surface area (Å²) in [7, 11) is 1.63. The number of fused-ring (bicyclic) bond motifs is 2. The Hall–Kier alpha value is -5.89. The number of anilines is 1. The van der Waals surface area contributed by atoms with Crippen molar-refractivity contribution in [1.29, 1.82) is 5.26 Å². The van der Waals surface area contributed by atoms with Crippen molar-refractivity contribution in [3.8, 4) is 6.07 Å². The number of piperidine rings is 2. The summed E-state index contributed by atoms with van der Waals surface area (Å²) in [5.41, 5.74) is 0.680. The molecule has 2 aromatic carbocycles. The van der Waals surface area contributed by atoms with Crippen molar-refractivity contribution in [2.75, 3.05) is 25.0 Å². The Morgan fingerprint density at radius 3 is 2.53 bits per heavy atom. The lowest BCUT2D eigenvalue weighted by molar-refractivity contribution is -0.141. The van der Waals surface area contributed by atoms with E-state index >= 15 is 4.39 Å². The highest BCUT2D eigenvalue weighted by Crippen LogP contribution is 2.38. The summed E-state index contributed by atoms with van der Waals surface area (Å²) >= 11 is 0. The summed E-state index contributed by atoms with van der Waals surface area (Å²) in [4.78, 5) is 56.3. The highest BCUT2D eigenvalue weighted by molar-refractivity contribution is 6.05. The fraction of sp³-hybridized carbons (Fsp3) is 0.425. The number of aromatic nitrogens is 5. The van der Waals surface area contributed by atoms with Gasteiger partial charge in [-0.25, -0.2) is 14.2 Å². The highest BCUT2D eigenvalue weighted by Gasteiger charge is 2.37. The molecule has 2 saturated heterocycles. The Bertz CT molecular complexity index is 2510. The lowest BCUT2D eigenvalue weighted by atomic mass is 9.83. The second-order valence-corrected chi connectivity index (χ2v) is 15.3. The van der Waals surface area contributed by atoms with E-state index < -0.39 is 47.5 Å². The number of rotatable bonds is 7. The van der Waals surface area contributed by atoms with Gasteiger partial charge in [0.25, 0.3) is 5.91 Å². The van der Waals surface area contributed by atoms with Gasteiger partial charge < -0.3 is 10.2 Å². The van der Waals surface area contributed by atoms with Crippen molar-refractivity contribution < 1.29 is 31.9 Å². The second kappa shape index (κ2) is 14.9. The third-order valence-corrected chi connectivity index (χ3v) is 11.7. The third-order valence-electron chi connectivity index (χ3n) is 11.7. The van der Waals surface area contributed by atoms with Crippen molar-refractivity contribution in [1.82, 2.24) is 34.1 Å². The zero-order chi connectivity index (χ0) is 40.2. The molecule has 8 rings (SSSR count). The fourth-order valence-electron chi connectivity index (χ4n) is 8.82. The van der Waals surface area contributed by atoms with Crippen LogP contribution in [0.3, 0.4) is 0 Å². The van der Waals surface area contributed by atoms with E-state index in [0.717, 1.165) is 49.9 Å².